The monoisotopic (exact) mass is 654 g/mol. The predicted octanol–water partition coefficient (Wildman–Crippen LogP) is 6.63. The lowest BCUT2D eigenvalue weighted by molar-refractivity contribution is -0.140. The molecule has 4 aromatic heterocycles. The lowest BCUT2D eigenvalue weighted by Crippen LogP contribution is -2.22. The Morgan fingerprint density at radius 1 is 1.07 bits per heavy atom. The fraction of sp³-hybridized carbons (Fsp3) is 0.419. The third kappa shape index (κ3) is 6.65. The molecule has 1 aliphatic carbocycles. The molecule has 15 heteroatoms. The molecule has 0 radical (unpaired) electrons. The third-order valence-corrected chi connectivity index (χ3v) is 9.51. The molecule has 0 saturated heterocycles. The highest BCUT2D eigenvalue weighted by atomic mass is 28.3. The molecule has 0 atom stereocenters. The fourth-order valence-corrected chi connectivity index (χ4v) is 5.96. The number of rotatable bonds is 11. The molecular formula is C31H34F4N8O2Si. The Balaban J connectivity index is 1.37. The molecule has 0 spiro atoms. The Kier molecular flexibility index (Phi) is 8.39. The van der Waals surface area contributed by atoms with Gasteiger partial charge in [-0.3, -0.25) is 0 Å². The highest BCUT2D eigenvalue weighted by Crippen LogP contribution is 2.45. The van der Waals surface area contributed by atoms with Gasteiger partial charge in [0.15, 0.2) is 11.5 Å². The van der Waals surface area contributed by atoms with Gasteiger partial charge in [-0.1, -0.05) is 25.7 Å². The summed E-state index contributed by atoms with van der Waals surface area (Å²) in [6, 6.07) is 5.36. The number of ether oxygens (including phenoxy) is 2. The van der Waals surface area contributed by atoms with E-state index in [-0.39, 0.29) is 30.5 Å². The van der Waals surface area contributed by atoms with Gasteiger partial charge in [-0.25, -0.2) is 34.0 Å². The van der Waals surface area contributed by atoms with Crippen LogP contribution in [0.15, 0.2) is 36.9 Å². The van der Waals surface area contributed by atoms with E-state index in [4.69, 9.17) is 19.6 Å². The summed E-state index contributed by atoms with van der Waals surface area (Å²) in [5.74, 6) is 0.225. The van der Waals surface area contributed by atoms with Crippen LogP contribution in [-0.4, -0.2) is 61.1 Å². The van der Waals surface area contributed by atoms with Crippen molar-refractivity contribution >= 4 is 19.1 Å². The van der Waals surface area contributed by atoms with Crippen LogP contribution in [0.5, 0.6) is 5.88 Å². The van der Waals surface area contributed by atoms with E-state index in [1.165, 1.54) is 32.6 Å². The molecule has 1 aliphatic rings. The smallest absolute Gasteiger partial charge is 0.434 e. The van der Waals surface area contributed by atoms with E-state index < -0.39 is 25.8 Å². The minimum atomic E-state index is -4.64. The summed E-state index contributed by atoms with van der Waals surface area (Å²) in [6.45, 7) is 7.60. The second-order valence-electron chi connectivity index (χ2n) is 12.7. The van der Waals surface area contributed by atoms with Crippen molar-refractivity contribution in [2.24, 2.45) is 7.05 Å². The lowest BCUT2D eigenvalue weighted by Gasteiger charge is -2.15. The van der Waals surface area contributed by atoms with Crippen LogP contribution in [0, 0.1) is 5.82 Å². The summed E-state index contributed by atoms with van der Waals surface area (Å²) >= 11 is 0. The maximum Gasteiger partial charge on any atom is 0.434 e. The molecule has 46 heavy (non-hydrogen) atoms. The van der Waals surface area contributed by atoms with Crippen molar-refractivity contribution in [2.45, 2.75) is 63.8 Å². The van der Waals surface area contributed by atoms with Crippen LogP contribution >= 0.6 is 0 Å². The number of hydrogen-bond acceptors (Lipinski definition) is 8. The van der Waals surface area contributed by atoms with Crippen LogP contribution in [-0.2, 0) is 31.1 Å². The standard InChI is InChI=1S/C31H34F4N8O2Si/c1-42-15-24(31(33,34)35)39-29(42)20-9-6-18(12-21(20)32)13-22-27-23(43(41-22)17-45-10-11-46(3,4)5)14-36-28(40-27)25-26(19-7-8-19)37-16-38-30(25)44-2/h6,9,12,14-16,19H,7-8,10-11,13,17H2,1-5H3. The molecule has 6 rings (SSSR count). The van der Waals surface area contributed by atoms with E-state index in [1.807, 2.05) is 0 Å². The highest BCUT2D eigenvalue weighted by Gasteiger charge is 2.35. The zero-order chi connectivity index (χ0) is 32.8. The molecule has 1 fully saturated rings. The average molecular weight is 655 g/mol. The minimum absolute atomic E-state index is 0.0404. The number of alkyl halides is 3. The van der Waals surface area contributed by atoms with Gasteiger partial charge in [-0.05, 0) is 36.6 Å². The Labute approximate surface area is 263 Å². The number of methoxy groups -OCH3 is 1. The number of fused-ring (bicyclic) bond motifs is 1. The van der Waals surface area contributed by atoms with Crippen LogP contribution < -0.4 is 4.74 Å². The number of hydrogen-bond donors (Lipinski definition) is 0. The first-order chi connectivity index (χ1) is 21.8. The number of imidazole rings is 1. The molecule has 0 N–H and O–H groups in total. The Bertz CT molecular complexity index is 1900. The van der Waals surface area contributed by atoms with Crippen molar-refractivity contribution in [3.05, 3.63) is 65.4 Å². The molecule has 0 unspecified atom stereocenters. The van der Waals surface area contributed by atoms with Gasteiger partial charge in [0.1, 0.15) is 41.3 Å². The zero-order valence-electron chi connectivity index (χ0n) is 26.2. The molecule has 10 nitrogen and oxygen atoms in total. The van der Waals surface area contributed by atoms with Gasteiger partial charge in [0.05, 0.1) is 30.3 Å². The van der Waals surface area contributed by atoms with Gasteiger partial charge in [0.2, 0.25) is 5.88 Å². The average Bonchev–Trinajstić information content (AvgIpc) is 3.69. The number of halogens is 4. The normalized spacial score (nSPS) is 13.9. The molecule has 0 amide bonds. The number of benzene rings is 1. The molecule has 4 heterocycles. The van der Waals surface area contributed by atoms with Crippen molar-refractivity contribution in [2.75, 3.05) is 13.7 Å². The maximum atomic E-state index is 15.4. The van der Waals surface area contributed by atoms with Crippen LogP contribution in [0.4, 0.5) is 17.6 Å². The van der Waals surface area contributed by atoms with Crippen LogP contribution in [0.25, 0.3) is 33.8 Å². The quantitative estimate of drug-likeness (QED) is 0.0888. The van der Waals surface area contributed by atoms with Gasteiger partial charge >= 0.3 is 6.18 Å². The van der Waals surface area contributed by atoms with Crippen LogP contribution in [0.2, 0.25) is 25.7 Å². The molecular weight excluding hydrogens is 620 g/mol. The van der Waals surface area contributed by atoms with E-state index in [2.05, 4.69) is 39.6 Å². The van der Waals surface area contributed by atoms with Crippen molar-refractivity contribution in [3.8, 4) is 28.7 Å². The summed E-state index contributed by atoms with van der Waals surface area (Å²) in [4.78, 5) is 22.0. The second-order valence-corrected chi connectivity index (χ2v) is 18.3. The predicted molar refractivity (Wildman–Crippen MR) is 165 cm³/mol. The molecule has 0 aliphatic heterocycles. The van der Waals surface area contributed by atoms with Gasteiger partial charge in [-0.2, -0.15) is 18.3 Å². The number of aryl methyl sites for hydroxylation is 1. The Hall–Kier alpha value is -4.24. The first-order valence-electron chi connectivity index (χ1n) is 14.9. The molecule has 1 aromatic carbocycles. The largest absolute Gasteiger partial charge is 0.480 e. The summed E-state index contributed by atoms with van der Waals surface area (Å²) in [7, 11) is 1.63. The van der Waals surface area contributed by atoms with E-state index in [1.54, 1.807) is 16.9 Å². The highest BCUT2D eigenvalue weighted by molar-refractivity contribution is 6.76. The van der Waals surface area contributed by atoms with Crippen molar-refractivity contribution in [1.29, 1.82) is 0 Å². The van der Waals surface area contributed by atoms with Crippen LogP contribution in [0.1, 0.15) is 41.4 Å². The minimum Gasteiger partial charge on any atom is -0.480 e. The molecule has 5 aromatic rings. The van der Waals surface area contributed by atoms with Crippen molar-refractivity contribution < 1.29 is 27.0 Å². The van der Waals surface area contributed by atoms with Crippen molar-refractivity contribution in [1.82, 2.24) is 39.3 Å². The SMILES string of the molecule is COc1ncnc(C2CC2)c1-c1ncc2c(n1)c(Cc1ccc(-c3nc(C(F)(F)F)cn3C)c(F)c1)nn2COCC[Si](C)(C)C. The van der Waals surface area contributed by atoms with Gasteiger partial charge in [-0.15, -0.1) is 0 Å². The zero-order valence-corrected chi connectivity index (χ0v) is 27.2. The summed E-state index contributed by atoms with van der Waals surface area (Å²) < 4.78 is 69.5. The third-order valence-electron chi connectivity index (χ3n) is 7.81. The van der Waals surface area contributed by atoms with E-state index >= 15 is 4.39 Å². The van der Waals surface area contributed by atoms with Gasteiger partial charge < -0.3 is 14.0 Å². The topological polar surface area (TPSA) is 106 Å². The van der Waals surface area contributed by atoms with E-state index in [0.717, 1.165) is 35.3 Å². The lowest BCUT2D eigenvalue weighted by atomic mass is 10.1. The maximum absolute atomic E-state index is 15.4. The van der Waals surface area contributed by atoms with Crippen molar-refractivity contribution in [3.63, 3.8) is 0 Å². The van der Waals surface area contributed by atoms with E-state index in [9.17, 15) is 13.2 Å². The first-order valence-corrected chi connectivity index (χ1v) is 18.6. The summed E-state index contributed by atoms with van der Waals surface area (Å²) in [6.07, 6.45) is 1.56. The number of nitrogens with zero attached hydrogens (tertiary/aromatic N) is 8. The second kappa shape index (κ2) is 12.2. The first kappa shape index (κ1) is 31.7. The summed E-state index contributed by atoms with van der Waals surface area (Å²) in [5.41, 5.74) is 2.63. The molecule has 1 saturated carbocycles. The Morgan fingerprint density at radius 2 is 1.85 bits per heavy atom. The Morgan fingerprint density at radius 3 is 2.50 bits per heavy atom. The van der Waals surface area contributed by atoms with Gasteiger partial charge in [0, 0.05) is 40.3 Å². The summed E-state index contributed by atoms with van der Waals surface area (Å²) in [5, 5.41) is 4.79. The fourth-order valence-electron chi connectivity index (χ4n) is 5.20. The molecule has 0 bridgehead atoms. The van der Waals surface area contributed by atoms with E-state index in [0.29, 0.717) is 46.2 Å². The van der Waals surface area contributed by atoms with Crippen LogP contribution in [0.3, 0.4) is 0 Å². The molecule has 242 valence electrons. The number of aromatic nitrogens is 8. The van der Waals surface area contributed by atoms with Gasteiger partial charge in [0.25, 0.3) is 0 Å².